The maximum atomic E-state index is 13.1. The summed E-state index contributed by atoms with van der Waals surface area (Å²) in [6.45, 7) is 2.99. The largest absolute Gasteiger partial charge is 0.587 e. The van der Waals surface area contributed by atoms with Gasteiger partial charge in [0.05, 0.1) is 19.7 Å². The summed E-state index contributed by atoms with van der Waals surface area (Å²) in [5, 5.41) is 0. The Morgan fingerprint density at radius 2 is 1.40 bits per heavy atom. The molecule has 25 heavy (non-hydrogen) atoms. The summed E-state index contributed by atoms with van der Waals surface area (Å²) in [5.74, 6) is 0.779. The van der Waals surface area contributed by atoms with Crippen LogP contribution in [-0.2, 0) is 9.09 Å². The van der Waals surface area contributed by atoms with Crippen LogP contribution in [0.5, 0.6) is 11.5 Å². The van der Waals surface area contributed by atoms with Crippen molar-refractivity contribution in [3.8, 4) is 11.5 Å². The van der Waals surface area contributed by atoms with Gasteiger partial charge < -0.3 is 9.05 Å². The molecular formula is C18H19N2O4P. The van der Waals surface area contributed by atoms with Gasteiger partial charge >= 0.3 is 7.82 Å². The van der Waals surface area contributed by atoms with Crippen LogP contribution in [-0.4, -0.2) is 32.1 Å². The second-order valence-electron chi connectivity index (χ2n) is 5.19. The van der Waals surface area contributed by atoms with Gasteiger partial charge in [0.2, 0.25) is 0 Å². The number of fused-ring (bicyclic) bond motifs is 2. The minimum absolute atomic E-state index is 0.184. The Balaban J connectivity index is 2.05. The van der Waals surface area contributed by atoms with Crippen LogP contribution in [0.4, 0.5) is 0 Å². The van der Waals surface area contributed by atoms with E-state index in [0.717, 1.165) is 0 Å². The summed E-state index contributed by atoms with van der Waals surface area (Å²) in [5.41, 5.74) is 1.39. The second-order valence-corrected chi connectivity index (χ2v) is 6.71. The molecule has 0 fully saturated rings. The molecule has 0 saturated carbocycles. The fourth-order valence-corrected chi connectivity index (χ4v) is 3.53. The third-order valence-electron chi connectivity index (χ3n) is 3.36. The molecule has 7 heteroatoms. The van der Waals surface area contributed by atoms with Gasteiger partial charge in [-0.05, 0) is 31.2 Å². The van der Waals surface area contributed by atoms with Crippen LogP contribution >= 0.6 is 7.82 Å². The number of hydrogen-bond donors (Lipinski definition) is 0. The number of rotatable bonds is 2. The van der Waals surface area contributed by atoms with E-state index in [4.69, 9.17) is 13.6 Å². The Morgan fingerprint density at radius 3 is 1.88 bits per heavy atom. The summed E-state index contributed by atoms with van der Waals surface area (Å²) < 4.78 is 29.8. The first-order chi connectivity index (χ1) is 12.2. The number of hydrogen-bond acceptors (Lipinski definition) is 6. The van der Waals surface area contributed by atoms with E-state index in [9.17, 15) is 4.57 Å². The van der Waals surface area contributed by atoms with Gasteiger partial charge in [-0.15, -0.1) is 0 Å². The molecule has 0 aliphatic carbocycles. The SMILES string of the molecule is CCOP1(=O)Oc2ccccc2C=NCCN=Cc2ccccc2O1. The lowest BCUT2D eigenvalue weighted by molar-refractivity contribution is 0.219. The van der Waals surface area contributed by atoms with Crippen LogP contribution in [0.1, 0.15) is 18.1 Å². The van der Waals surface area contributed by atoms with Crippen LogP contribution in [0, 0.1) is 0 Å². The molecule has 0 N–H and O–H groups in total. The lowest BCUT2D eigenvalue weighted by Crippen LogP contribution is -2.07. The van der Waals surface area contributed by atoms with Crippen molar-refractivity contribution in [2.75, 3.05) is 19.7 Å². The van der Waals surface area contributed by atoms with Crippen molar-refractivity contribution in [1.82, 2.24) is 0 Å². The molecular weight excluding hydrogens is 339 g/mol. The predicted molar refractivity (Wildman–Crippen MR) is 98.3 cm³/mol. The Kier molecular flexibility index (Phi) is 5.64. The van der Waals surface area contributed by atoms with Crippen LogP contribution in [0.2, 0.25) is 0 Å². The highest BCUT2D eigenvalue weighted by atomic mass is 31.2. The number of benzene rings is 2. The van der Waals surface area contributed by atoms with E-state index >= 15 is 0 Å². The van der Waals surface area contributed by atoms with Crippen LogP contribution < -0.4 is 9.05 Å². The van der Waals surface area contributed by atoms with Crippen molar-refractivity contribution in [3.63, 3.8) is 0 Å². The number of aliphatic imine (C=N–C) groups is 2. The van der Waals surface area contributed by atoms with Gasteiger partial charge in [0, 0.05) is 23.6 Å². The molecule has 2 aromatic carbocycles. The first-order valence-corrected chi connectivity index (χ1v) is 9.48. The summed E-state index contributed by atoms with van der Waals surface area (Å²) in [4.78, 5) is 8.67. The molecule has 0 unspecified atom stereocenters. The number of phosphoric acid groups is 1. The van der Waals surface area contributed by atoms with Crippen LogP contribution in [0.25, 0.3) is 0 Å². The zero-order valence-electron chi connectivity index (χ0n) is 13.9. The third kappa shape index (κ3) is 4.56. The second kappa shape index (κ2) is 8.10. The van der Waals surface area contributed by atoms with Gasteiger partial charge in [-0.3, -0.25) is 14.5 Å². The molecule has 1 heterocycles. The molecule has 130 valence electrons. The average molecular weight is 358 g/mol. The third-order valence-corrected chi connectivity index (χ3v) is 4.78. The zero-order valence-corrected chi connectivity index (χ0v) is 14.8. The molecule has 1 aliphatic heterocycles. The Bertz CT molecular complexity index is 772. The standard InChI is InChI=1S/C18H19N2O4P/c1-2-22-25(21)23-17-9-5-3-7-15(17)13-19-11-12-20-14-16-8-4-6-10-18(16)24-25/h3-10,13-14H,2,11-12H2,1H3. The summed E-state index contributed by atoms with van der Waals surface area (Å²) in [7, 11) is -3.87. The molecule has 1 aliphatic rings. The van der Waals surface area contributed by atoms with Crippen molar-refractivity contribution in [1.29, 1.82) is 0 Å². The molecule has 0 radical (unpaired) electrons. The highest BCUT2D eigenvalue weighted by molar-refractivity contribution is 7.49. The van der Waals surface area contributed by atoms with E-state index in [1.54, 1.807) is 43.6 Å². The molecule has 2 aromatic rings. The van der Waals surface area contributed by atoms with Crippen molar-refractivity contribution < 1.29 is 18.1 Å². The number of para-hydroxylation sites is 2. The monoisotopic (exact) mass is 358 g/mol. The Morgan fingerprint density at radius 1 is 0.920 bits per heavy atom. The molecule has 0 aromatic heterocycles. The minimum Gasteiger partial charge on any atom is -0.394 e. The van der Waals surface area contributed by atoms with Gasteiger partial charge in [-0.2, -0.15) is 0 Å². The molecule has 0 spiro atoms. The lowest BCUT2D eigenvalue weighted by atomic mass is 10.2. The Hall–Kier alpha value is -2.43. The highest BCUT2D eigenvalue weighted by Crippen LogP contribution is 2.50. The molecule has 0 bridgehead atoms. The molecule has 0 atom stereocenters. The fraction of sp³-hybridized carbons (Fsp3) is 0.222. The van der Waals surface area contributed by atoms with Gasteiger partial charge in [0.15, 0.2) is 0 Å². The van der Waals surface area contributed by atoms with Crippen molar-refractivity contribution in [2.24, 2.45) is 9.98 Å². The molecule has 3 rings (SSSR count). The first kappa shape index (κ1) is 17.4. The maximum absolute atomic E-state index is 13.1. The van der Waals surface area contributed by atoms with Gasteiger partial charge in [-0.25, -0.2) is 4.57 Å². The minimum atomic E-state index is -3.87. The average Bonchev–Trinajstić information content (AvgIpc) is 2.61. The van der Waals surface area contributed by atoms with E-state index in [1.165, 1.54) is 0 Å². The highest BCUT2D eigenvalue weighted by Gasteiger charge is 2.31. The zero-order chi connectivity index (χ0) is 17.5. The first-order valence-electron chi connectivity index (χ1n) is 8.02. The maximum Gasteiger partial charge on any atom is 0.587 e. The van der Waals surface area contributed by atoms with E-state index in [2.05, 4.69) is 9.98 Å². The molecule has 0 amide bonds. The van der Waals surface area contributed by atoms with Crippen LogP contribution in [0.3, 0.4) is 0 Å². The normalized spacial score (nSPS) is 20.0. The van der Waals surface area contributed by atoms with Gasteiger partial charge in [-0.1, -0.05) is 24.3 Å². The van der Waals surface area contributed by atoms with Crippen molar-refractivity contribution in [3.05, 3.63) is 59.7 Å². The van der Waals surface area contributed by atoms with Crippen molar-refractivity contribution >= 4 is 20.3 Å². The number of nitrogens with zero attached hydrogens (tertiary/aromatic N) is 2. The van der Waals surface area contributed by atoms with Crippen molar-refractivity contribution in [2.45, 2.75) is 6.92 Å². The quantitative estimate of drug-likeness (QED) is 0.757. The lowest BCUT2D eigenvalue weighted by Gasteiger charge is -2.20. The Labute approximate surface area is 146 Å². The molecule has 6 nitrogen and oxygen atoms in total. The van der Waals surface area contributed by atoms with Gasteiger partial charge in [0.25, 0.3) is 0 Å². The van der Waals surface area contributed by atoms with E-state index in [0.29, 0.717) is 35.7 Å². The van der Waals surface area contributed by atoms with E-state index < -0.39 is 7.82 Å². The number of phosphoric ester groups is 1. The smallest absolute Gasteiger partial charge is 0.394 e. The predicted octanol–water partition coefficient (Wildman–Crippen LogP) is 4.14. The van der Waals surface area contributed by atoms with Crippen LogP contribution in [0.15, 0.2) is 58.5 Å². The summed E-state index contributed by atoms with van der Waals surface area (Å²) >= 11 is 0. The van der Waals surface area contributed by atoms with Gasteiger partial charge in [0.1, 0.15) is 11.5 Å². The summed E-state index contributed by atoms with van der Waals surface area (Å²) in [6, 6.07) is 14.4. The summed E-state index contributed by atoms with van der Waals surface area (Å²) in [6.07, 6.45) is 3.35. The van der Waals surface area contributed by atoms with E-state index in [1.807, 2.05) is 24.3 Å². The topological polar surface area (TPSA) is 69.5 Å². The van der Waals surface area contributed by atoms with E-state index in [-0.39, 0.29) is 6.61 Å². The molecule has 0 saturated heterocycles. The fourth-order valence-electron chi connectivity index (χ4n) is 2.25.